The third kappa shape index (κ3) is 6.99. The molecule has 0 bridgehead atoms. The van der Waals surface area contributed by atoms with Crippen molar-refractivity contribution in [3.8, 4) is 5.75 Å². The molecule has 0 aliphatic carbocycles. The number of nitrogens with one attached hydrogen (secondary N) is 1. The molecule has 17 nitrogen and oxygen atoms in total. The number of hydrogen-bond acceptors (Lipinski definition) is 13. The first-order valence-corrected chi connectivity index (χ1v) is 14.8. The summed E-state index contributed by atoms with van der Waals surface area (Å²) in [6.07, 6.45) is 3.49. The van der Waals surface area contributed by atoms with E-state index in [9.17, 15) is 44.1 Å². The highest BCUT2D eigenvalue weighted by atomic mass is 32.2. The number of aryl methyl sites for hydroxylation is 1. The zero-order valence-electron chi connectivity index (χ0n) is 23.5. The first kappa shape index (κ1) is 32.7. The van der Waals surface area contributed by atoms with Crippen LogP contribution in [0.4, 0.5) is 5.13 Å². The van der Waals surface area contributed by atoms with Crippen molar-refractivity contribution in [1.29, 1.82) is 0 Å². The number of thiazole rings is 1. The predicted octanol–water partition coefficient (Wildman–Crippen LogP) is 0.103. The van der Waals surface area contributed by atoms with Crippen molar-refractivity contribution < 1.29 is 49.2 Å². The van der Waals surface area contributed by atoms with Crippen LogP contribution < -0.4 is 16.5 Å². The minimum atomic E-state index is -1.81. The van der Waals surface area contributed by atoms with Crippen LogP contribution in [0.2, 0.25) is 0 Å². The zero-order chi connectivity index (χ0) is 33.2. The molecule has 2 aromatic rings. The number of pyridine rings is 1. The fourth-order valence-corrected chi connectivity index (χ4v) is 5.96. The average molecular weight is 663 g/mol. The molecule has 1 fully saturated rings. The summed E-state index contributed by atoms with van der Waals surface area (Å²) >= 11 is 2.12. The average Bonchev–Trinajstić information content (AvgIpc) is 3.40. The van der Waals surface area contributed by atoms with Crippen LogP contribution in [0.3, 0.4) is 0 Å². The smallest absolute Gasteiger partial charge is 0.352 e. The second kappa shape index (κ2) is 12.8. The lowest BCUT2D eigenvalue weighted by Gasteiger charge is -2.49. The molecule has 238 valence electrons. The number of hydrogen-bond donors (Lipinski definition) is 6. The highest BCUT2D eigenvalue weighted by Crippen LogP contribution is 2.41. The number of aromatic hydroxyl groups is 1. The molecule has 4 heterocycles. The standard InChI is InChI=1S/C26H26N6O11S2/c1-26(2,24(41)42)43-30-17(13-10-45-25(27)28-13)20(37)29-18-21(38)32-19(23(39)40)11(9-44-22(18)32)3-4-12-7-14(33)15(34)8-31(12)6-5-16(35)36/h3-4,7-8,10,18,22,34H,5-6,9H2,1-2H3,(H2,27,28)(H,29,37)(H,35,36)(H,39,40)(H,41,42)/b4-3-,30-17?/t18-,22-/m1/s1. The molecule has 0 radical (unpaired) electrons. The number of fused-ring (bicyclic) bond motifs is 1. The molecule has 0 aromatic carbocycles. The van der Waals surface area contributed by atoms with E-state index in [-0.39, 0.29) is 46.5 Å². The monoisotopic (exact) mass is 662 g/mol. The SMILES string of the molecule is CC(C)(ON=C(C(=O)N[C@@H]1C(=O)N2C(C(=O)O)=C(/C=C\c3cc(=O)c(O)cn3CCC(=O)O)CS[C@H]12)c1csc(N)n1)C(=O)O. The van der Waals surface area contributed by atoms with Crippen molar-refractivity contribution in [3.05, 3.63) is 56.6 Å². The molecule has 2 atom stereocenters. The first-order chi connectivity index (χ1) is 21.1. The van der Waals surface area contributed by atoms with E-state index in [2.05, 4.69) is 15.5 Å². The maximum Gasteiger partial charge on any atom is 0.352 e. The number of rotatable bonds is 12. The number of amides is 2. The molecule has 1 saturated heterocycles. The van der Waals surface area contributed by atoms with Crippen molar-refractivity contribution in [1.82, 2.24) is 19.8 Å². The molecule has 2 aliphatic rings. The van der Waals surface area contributed by atoms with Crippen LogP contribution in [0.5, 0.6) is 5.75 Å². The molecule has 0 saturated carbocycles. The van der Waals surface area contributed by atoms with Gasteiger partial charge in [-0.05, 0) is 25.5 Å². The Hall–Kier alpha value is -5.17. The number of carbonyl (C=O) groups excluding carboxylic acids is 2. The van der Waals surface area contributed by atoms with Crippen LogP contribution in [0.15, 0.2) is 44.9 Å². The van der Waals surface area contributed by atoms with Crippen LogP contribution in [-0.4, -0.2) is 93.1 Å². The molecular formula is C26H26N6O11S2. The summed E-state index contributed by atoms with van der Waals surface area (Å²) in [5.74, 6) is -6.14. The summed E-state index contributed by atoms with van der Waals surface area (Å²) in [5, 5.41) is 44.9. The van der Waals surface area contributed by atoms with Gasteiger partial charge in [0.15, 0.2) is 16.6 Å². The number of carboxylic acids is 3. The lowest BCUT2D eigenvalue weighted by atomic mass is 10.0. The van der Waals surface area contributed by atoms with Crippen molar-refractivity contribution in [2.24, 2.45) is 5.16 Å². The number of nitrogen functional groups attached to an aromatic ring is 1. The van der Waals surface area contributed by atoms with E-state index >= 15 is 0 Å². The maximum atomic E-state index is 13.2. The van der Waals surface area contributed by atoms with Crippen molar-refractivity contribution in [2.75, 3.05) is 11.5 Å². The number of anilines is 1. The molecule has 0 spiro atoms. The first-order valence-electron chi connectivity index (χ1n) is 12.9. The maximum absolute atomic E-state index is 13.2. The molecule has 2 aromatic heterocycles. The molecule has 45 heavy (non-hydrogen) atoms. The fourth-order valence-electron chi connectivity index (χ4n) is 4.10. The van der Waals surface area contributed by atoms with Gasteiger partial charge in [-0.2, -0.15) is 0 Å². The Morgan fingerprint density at radius 2 is 1.93 bits per heavy atom. The second-order valence-corrected chi connectivity index (χ2v) is 12.1. The van der Waals surface area contributed by atoms with E-state index in [1.54, 1.807) is 0 Å². The lowest BCUT2D eigenvalue weighted by molar-refractivity contribution is -0.161. The van der Waals surface area contributed by atoms with Crippen LogP contribution in [0.1, 0.15) is 31.7 Å². The molecule has 2 aliphatic heterocycles. The number of carbonyl (C=O) groups is 5. The highest BCUT2D eigenvalue weighted by Gasteiger charge is 2.54. The summed E-state index contributed by atoms with van der Waals surface area (Å²) in [5.41, 5.74) is 2.64. The molecule has 0 unspecified atom stereocenters. The van der Waals surface area contributed by atoms with Gasteiger partial charge < -0.3 is 40.9 Å². The molecular weight excluding hydrogens is 636 g/mol. The number of aromatic nitrogens is 2. The van der Waals surface area contributed by atoms with Crippen molar-refractivity contribution in [3.63, 3.8) is 0 Å². The number of thioether (sulfide) groups is 1. The Labute approximate surface area is 261 Å². The molecule has 7 N–H and O–H groups in total. The molecule has 19 heteroatoms. The number of carboxylic acid groups (broad SMARTS) is 3. The van der Waals surface area contributed by atoms with E-state index in [1.807, 2.05) is 0 Å². The number of allylic oxidation sites excluding steroid dienone is 1. The van der Waals surface area contributed by atoms with Gasteiger partial charge in [-0.1, -0.05) is 11.2 Å². The molecule has 2 amide bonds. The summed E-state index contributed by atoms with van der Waals surface area (Å²) in [4.78, 5) is 83.2. The van der Waals surface area contributed by atoms with Crippen LogP contribution >= 0.6 is 23.1 Å². The van der Waals surface area contributed by atoms with Crippen molar-refractivity contribution >= 4 is 69.7 Å². The van der Waals surface area contributed by atoms with Crippen LogP contribution in [0.25, 0.3) is 6.08 Å². The van der Waals surface area contributed by atoms with Gasteiger partial charge in [-0.3, -0.25) is 24.1 Å². The van der Waals surface area contributed by atoms with E-state index in [1.165, 1.54) is 35.9 Å². The molecule has 4 rings (SSSR count). The van der Waals surface area contributed by atoms with E-state index in [0.29, 0.717) is 0 Å². The van der Waals surface area contributed by atoms with E-state index in [4.69, 9.17) is 15.7 Å². The van der Waals surface area contributed by atoms with Gasteiger partial charge in [0, 0.05) is 29.4 Å². The minimum absolute atomic E-state index is 0.0364. The largest absolute Gasteiger partial charge is 0.503 e. The van der Waals surface area contributed by atoms with Gasteiger partial charge in [-0.15, -0.1) is 23.1 Å². The number of aliphatic carboxylic acids is 3. The third-order valence-corrected chi connectivity index (χ3v) is 8.49. The van der Waals surface area contributed by atoms with Gasteiger partial charge in [-0.25, -0.2) is 14.6 Å². The van der Waals surface area contributed by atoms with Gasteiger partial charge in [0.1, 0.15) is 22.8 Å². The Morgan fingerprint density at radius 3 is 2.53 bits per heavy atom. The lowest BCUT2D eigenvalue weighted by Crippen LogP contribution is -2.71. The fraction of sp³-hybridized carbons (Fsp3) is 0.308. The Morgan fingerprint density at radius 1 is 1.22 bits per heavy atom. The topological polar surface area (TPSA) is 264 Å². The van der Waals surface area contributed by atoms with Crippen LogP contribution in [-0.2, 0) is 35.4 Å². The Kier molecular flexibility index (Phi) is 9.33. The highest BCUT2D eigenvalue weighted by molar-refractivity contribution is 8.00. The second-order valence-electron chi connectivity index (χ2n) is 10.1. The predicted molar refractivity (Wildman–Crippen MR) is 159 cm³/mol. The summed E-state index contributed by atoms with van der Waals surface area (Å²) < 4.78 is 1.32. The van der Waals surface area contributed by atoms with Gasteiger partial charge in [0.05, 0.1) is 12.6 Å². The van der Waals surface area contributed by atoms with Crippen LogP contribution in [0, 0.1) is 0 Å². The number of β-lactam (4-membered cyclic amide) rings is 1. The summed E-state index contributed by atoms with van der Waals surface area (Å²) in [6, 6.07) is -0.126. The number of oxime groups is 1. The van der Waals surface area contributed by atoms with Crippen molar-refractivity contribution in [2.45, 2.75) is 43.8 Å². The normalized spacial score (nSPS) is 18.4. The number of nitrogens with zero attached hydrogens (tertiary/aromatic N) is 4. The third-order valence-electron chi connectivity index (χ3n) is 6.51. The van der Waals surface area contributed by atoms with Gasteiger partial charge >= 0.3 is 17.9 Å². The number of nitrogens with two attached hydrogens (primary N) is 1. The van der Waals surface area contributed by atoms with Gasteiger partial charge in [0.25, 0.3) is 11.8 Å². The Bertz CT molecular complexity index is 1740. The van der Waals surface area contributed by atoms with E-state index in [0.717, 1.165) is 40.3 Å². The Balaban J connectivity index is 1.58. The quantitative estimate of drug-likeness (QED) is 0.100. The summed E-state index contributed by atoms with van der Waals surface area (Å²) in [6.45, 7) is 2.32. The minimum Gasteiger partial charge on any atom is -0.503 e. The summed E-state index contributed by atoms with van der Waals surface area (Å²) in [7, 11) is 0. The van der Waals surface area contributed by atoms with Gasteiger partial charge in [0.2, 0.25) is 11.0 Å². The zero-order valence-corrected chi connectivity index (χ0v) is 25.1. The van der Waals surface area contributed by atoms with E-state index < -0.39 is 63.6 Å².